The van der Waals surface area contributed by atoms with Crippen molar-refractivity contribution in [1.29, 1.82) is 0 Å². The lowest BCUT2D eigenvalue weighted by Crippen LogP contribution is -2.41. The van der Waals surface area contributed by atoms with E-state index in [-0.39, 0.29) is 11.3 Å². The number of rotatable bonds is 12. The molecule has 0 aromatic carbocycles. The van der Waals surface area contributed by atoms with Crippen LogP contribution in [0.5, 0.6) is 0 Å². The number of nitrogens with zero attached hydrogens (tertiary/aromatic N) is 2. The van der Waals surface area contributed by atoms with Crippen LogP contribution in [0.2, 0.25) is 0 Å². The Kier molecular flexibility index (Phi) is 8.86. The number of hydrogen-bond acceptors (Lipinski definition) is 3. The topological polar surface area (TPSA) is 32.7 Å². The first-order chi connectivity index (χ1) is 10.9. The second-order valence-electron chi connectivity index (χ2n) is 7.87. The predicted octanol–water partition coefficient (Wildman–Crippen LogP) is 5.58. The van der Waals surface area contributed by atoms with E-state index in [0.717, 1.165) is 13.0 Å². The number of carbonyl (C=O) groups is 1. The lowest BCUT2D eigenvalue weighted by molar-refractivity contribution is -0.119. The maximum atomic E-state index is 11.6. The fourth-order valence-electron chi connectivity index (χ4n) is 3.56. The lowest BCUT2D eigenvalue weighted by Gasteiger charge is -2.33. The Morgan fingerprint density at radius 2 is 1.78 bits per heavy atom. The van der Waals surface area contributed by atoms with E-state index in [9.17, 15) is 4.79 Å². The van der Waals surface area contributed by atoms with Crippen LogP contribution in [-0.2, 0) is 4.79 Å². The van der Waals surface area contributed by atoms with Crippen LogP contribution in [-0.4, -0.2) is 28.6 Å². The Balaban J connectivity index is 2.66. The normalized spacial score (nSPS) is 18.4. The molecule has 0 N–H and O–H groups in total. The van der Waals surface area contributed by atoms with Gasteiger partial charge in [-0.25, -0.2) is 0 Å². The molecule has 1 unspecified atom stereocenters. The van der Waals surface area contributed by atoms with E-state index in [1.165, 1.54) is 57.1 Å². The van der Waals surface area contributed by atoms with Crippen LogP contribution in [0.3, 0.4) is 0 Å². The molecule has 0 fully saturated rings. The summed E-state index contributed by atoms with van der Waals surface area (Å²) in [5.74, 6) is 0.860. The summed E-state index contributed by atoms with van der Waals surface area (Å²) in [5.41, 5.74) is 1.24. The van der Waals surface area contributed by atoms with Gasteiger partial charge in [0.25, 0.3) is 0 Å². The highest BCUT2D eigenvalue weighted by Gasteiger charge is 2.35. The van der Waals surface area contributed by atoms with Gasteiger partial charge in [0.2, 0.25) is 0 Å². The standard InChI is InChI=1S/C20H38N2O/c1-6-8-10-12-14-19-18(13-11-9-7-2)16-22(21-19)20(4,5)15-17(3)23/h18H,6-16H2,1-5H3. The minimum absolute atomic E-state index is 0.153. The number of ketones is 1. The fourth-order valence-corrected chi connectivity index (χ4v) is 3.56. The molecule has 1 atom stereocenters. The van der Waals surface area contributed by atoms with E-state index in [0.29, 0.717) is 12.3 Å². The molecular formula is C20H38N2O. The summed E-state index contributed by atoms with van der Waals surface area (Å²) in [6.45, 7) is 11.5. The molecule has 0 spiro atoms. The molecule has 1 aliphatic heterocycles. The summed E-state index contributed by atoms with van der Waals surface area (Å²) >= 11 is 0. The van der Waals surface area contributed by atoms with Crippen LogP contribution in [0.1, 0.15) is 98.8 Å². The average molecular weight is 323 g/mol. The molecule has 0 aromatic rings. The average Bonchev–Trinajstić information content (AvgIpc) is 2.87. The molecule has 3 nitrogen and oxygen atoms in total. The van der Waals surface area contributed by atoms with Crippen LogP contribution in [0.4, 0.5) is 0 Å². The third kappa shape index (κ3) is 7.05. The second-order valence-corrected chi connectivity index (χ2v) is 7.87. The van der Waals surface area contributed by atoms with Crippen molar-refractivity contribution in [3.05, 3.63) is 0 Å². The zero-order valence-corrected chi connectivity index (χ0v) is 16.2. The largest absolute Gasteiger partial charge is 0.300 e. The van der Waals surface area contributed by atoms with Crippen molar-refractivity contribution in [2.75, 3.05) is 6.54 Å². The Morgan fingerprint density at radius 1 is 1.13 bits per heavy atom. The summed E-state index contributed by atoms with van der Waals surface area (Å²) in [4.78, 5) is 11.6. The molecule has 1 heterocycles. The summed E-state index contributed by atoms with van der Waals surface area (Å²) in [6, 6.07) is 0. The predicted molar refractivity (Wildman–Crippen MR) is 99.9 cm³/mol. The van der Waals surface area contributed by atoms with Crippen molar-refractivity contribution in [2.45, 2.75) is 104 Å². The van der Waals surface area contributed by atoms with Gasteiger partial charge in [0, 0.05) is 24.6 Å². The van der Waals surface area contributed by atoms with Gasteiger partial charge >= 0.3 is 0 Å². The van der Waals surface area contributed by atoms with Crippen molar-refractivity contribution in [3.8, 4) is 0 Å². The van der Waals surface area contributed by atoms with Crippen molar-refractivity contribution in [1.82, 2.24) is 5.01 Å². The van der Waals surface area contributed by atoms with Crippen molar-refractivity contribution in [2.24, 2.45) is 11.0 Å². The van der Waals surface area contributed by atoms with E-state index < -0.39 is 0 Å². The van der Waals surface area contributed by atoms with Gasteiger partial charge in [-0.15, -0.1) is 0 Å². The smallest absolute Gasteiger partial charge is 0.132 e. The zero-order valence-electron chi connectivity index (χ0n) is 16.2. The van der Waals surface area contributed by atoms with E-state index in [1.807, 2.05) is 0 Å². The SMILES string of the molecule is CCCCCCC1=NN(C(C)(C)CC(C)=O)CC1CCCCC. The van der Waals surface area contributed by atoms with E-state index >= 15 is 0 Å². The number of Topliss-reactive ketones (excluding diaryl/α,β-unsaturated/α-hetero) is 1. The number of hydrogen-bond donors (Lipinski definition) is 0. The molecule has 0 aromatic heterocycles. The maximum absolute atomic E-state index is 11.6. The third-order valence-electron chi connectivity index (χ3n) is 4.94. The van der Waals surface area contributed by atoms with E-state index in [1.54, 1.807) is 6.92 Å². The summed E-state index contributed by atoms with van der Waals surface area (Å²) in [5, 5.41) is 7.18. The second kappa shape index (κ2) is 10.1. The van der Waals surface area contributed by atoms with Crippen LogP contribution in [0.25, 0.3) is 0 Å². The molecule has 0 aliphatic carbocycles. The molecular weight excluding hydrogens is 284 g/mol. The molecule has 0 amide bonds. The highest BCUT2D eigenvalue weighted by molar-refractivity contribution is 5.88. The molecule has 0 saturated carbocycles. The third-order valence-corrected chi connectivity index (χ3v) is 4.94. The quantitative estimate of drug-likeness (QED) is 0.439. The molecule has 1 aliphatic rings. The van der Waals surface area contributed by atoms with Crippen molar-refractivity contribution in [3.63, 3.8) is 0 Å². The fraction of sp³-hybridized carbons (Fsp3) is 0.900. The van der Waals surface area contributed by atoms with Crippen LogP contribution in [0.15, 0.2) is 5.10 Å². The van der Waals surface area contributed by atoms with Gasteiger partial charge in [-0.1, -0.05) is 52.4 Å². The minimum atomic E-state index is -0.153. The highest BCUT2D eigenvalue weighted by atomic mass is 16.1. The summed E-state index contributed by atoms with van der Waals surface area (Å²) in [6.07, 6.45) is 12.1. The first kappa shape index (κ1) is 20.2. The van der Waals surface area contributed by atoms with Crippen molar-refractivity contribution >= 4 is 11.5 Å². The highest BCUT2D eigenvalue weighted by Crippen LogP contribution is 2.30. The van der Waals surface area contributed by atoms with E-state index in [2.05, 4.69) is 32.7 Å². The van der Waals surface area contributed by atoms with E-state index in [4.69, 9.17) is 5.10 Å². The summed E-state index contributed by atoms with van der Waals surface area (Å²) in [7, 11) is 0. The number of carbonyl (C=O) groups excluding carboxylic acids is 1. The Bertz CT molecular complexity index is 387. The Hall–Kier alpha value is -0.860. The van der Waals surface area contributed by atoms with Gasteiger partial charge in [-0.3, -0.25) is 9.80 Å². The van der Waals surface area contributed by atoms with Gasteiger partial charge in [0.1, 0.15) is 5.78 Å². The van der Waals surface area contributed by atoms with Crippen LogP contribution < -0.4 is 0 Å². The maximum Gasteiger partial charge on any atom is 0.132 e. The molecule has 134 valence electrons. The van der Waals surface area contributed by atoms with Crippen LogP contribution in [0, 0.1) is 5.92 Å². The molecule has 0 bridgehead atoms. The minimum Gasteiger partial charge on any atom is -0.300 e. The lowest BCUT2D eigenvalue weighted by atomic mass is 9.92. The van der Waals surface area contributed by atoms with Gasteiger partial charge < -0.3 is 0 Å². The van der Waals surface area contributed by atoms with Gasteiger partial charge in [0.15, 0.2) is 0 Å². The zero-order chi connectivity index (χ0) is 17.3. The van der Waals surface area contributed by atoms with Gasteiger partial charge in [-0.05, 0) is 40.0 Å². The molecule has 3 heteroatoms. The summed E-state index contributed by atoms with van der Waals surface area (Å²) < 4.78 is 0. The molecule has 1 rings (SSSR count). The van der Waals surface area contributed by atoms with Gasteiger partial charge in [0.05, 0.1) is 5.54 Å². The Morgan fingerprint density at radius 3 is 2.39 bits per heavy atom. The first-order valence-corrected chi connectivity index (χ1v) is 9.75. The molecule has 0 radical (unpaired) electrons. The molecule has 0 saturated heterocycles. The number of unbranched alkanes of at least 4 members (excludes halogenated alkanes) is 5. The van der Waals surface area contributed by atoms with Crippen molar-refractivity contribution < 1.29 is 4.79 Å². The number of hydrazone groups is 1. The van der Waals surface area contributed by atoms with Crippen LogP contribution >= 0.6 is 0 Å². The first-order valence-electron chi connectivity index (χ1n) is 9.75. The van der Waals surface area contributed by atoms with Gasteiger partial charge in [-0.2, -0.15) is 5.10 Å². The monoisotopic (exact) mass is 322 g/mol. The molecule has 23 heavy (non-hydrogen) atoms. The Labute approximate surface area is 143 Å².